The van der Waals surface area contributed by atoms with Gasteiger partial charge in [0.1, 0.15) is 0 Å². The highest BCUT2D eigenvalue weighted by atomic mass is 14.1. The van der Waals surface area contributed by atoms with Crippen LogP contribution in [0.4, 0.5) is 0 Å². The fourth-order valence-corrected chi connectivity index (χ4v) is 3.46. The molecule has 3 aromatic rings. The van der Waals surface area contributed by atoms with Crippen molar-refractivity contribution in [3.63, 3.8) is 0 Å². The zero-order chi connectivity index (χ0) is 24.5. The third-order valence-electron chi connectivity index (χ3n) is 5.86. The summed E-state index contributed by atoms with van der Waals surface area (Å²) in [5, 5.41) is 0. The fourth-order valence-electron chi connectivity index (χ4n) is 3.46. The standard InChI is InChI=1S/C17H16.C17H17/c1-13-4-7-16(8-5-13)9-11-17-10-6-14(2)12-15(17)3;1-13-4-7-16(8-5-13)10-11-17-9-6-14(2)15(3)12-17/h4-8,10,12H,1-3H3;4-9H,12H2,1-3H3. The molecular weight excluding hydrogens is 408 g/mol. The number of rotatable bonds is 0. The Bertz CT molecular complexity index is 1310. The van der Waals surface area contributed by atoms with E-state index in [1.807, 2.05) is 0 Å². The summed E-state index contributed by atoms with van der Waals surface area (Å²) in [4.78, 5) is 0. The van der Waals surface area contributed by atoms with Crippen LogP contribution in [0.25, 0.3) is 0 Å². The Morgan fingerprint density at radius 3 is 1.59 bits per heavy atom. The van der Waals surface area contributed by atoms with Crippen LogP contribution in [0.1, 0.15) is 59.2 Å². The largest absolute Gasteiger partial charge is 0.0661 e. The van der Waals surface area contributed by atoms with Crippen LogP contribution in [0.15, 0.2) is 90.0 Å². The summed E-state index contributed by atoms with van der Waals surface area (Å²) in [5.74, 6) is 14.3. The van der Waals surface area contributed by atoms with Crippen molar-refractivity contribution in [3.8, 4) is 23.7 Å². The van der Waals surface area contributed by atoms with Crippen molar-refractivity contribution in [2.24, 2.45) is 0 Å². The van der Waals surface area contributed by atoms with Crippen LogP contribution in [-0.4, -0.2) is 0 Å². The van der Waals surface area contributed by atoms with Crippen LogP contribution in [0.2, 0.25) is 0 Å². The molecule has 0 heterocycles. The zero-order valence-electron chi connectivity index (χ0n) is 21.2. The SMILES string of the molecule is C[C]1CC(C#Cc2ccc(C)cc2)=CC=C1C.Cc1ccc(C#Cc2ccc(C)cc2C)cc1. The molecule has 34 heavy (non-hydrogen) atoms. The molecule has 0 bridgehead atoms. The Morgan fingerprint density at radius 2 is 1.06 bits per heavy atom. The van der Waals surface area contributed by atoms with Gasteiger partial charge in [-0.05, 0) is 76.9 Å². The quantitative estimate of drug-likeness (QED) is 0.308. The summed E-state index contributed by atoms with van der Waals surface area (Å²) in [6.45, 7) is 12.7. The van der Waals surface area contributed by atoms with E-state index in [4.69, 9.17) is 0 Å². The molecule has 1 aliphatic rings. The van der Waals surface area contributed by atoms with Crippen LogP contribution in [-0.2, 0) is 0 Å². The smallest absolute Gasteiger partial charge is 0.0278 e. The molecule has 0 saturated heterocycles. The fraction of sp³-hybridized carbons (Fsp3) is 0.206. The summed E-state index contributed by atoms with van der Waals surface area (Å²) >= 11 is 0. The van der Waals surface area contributed by atoms with Crippen LogP contribution in [0.3, 0.4) is 0 Å². The zero-order valence-corrected chi connectivity index (χ0v) is 21.2. The van der Waals surface area contributed by atoms with E-state index in [-0.39, 0.29) is 0 Å². The van der Waals surface area contributed by atoms with Gasteiger partial charge in [0.15, 0.2) is 0 Å². The lowest BCUT2D eigenvalue weighted by molar-refractivity contribution is 0.965. The first-order chi connectivity index (χ1) is 16.3. The molecule has 0 nitrogen and oxygen atoms in total. The Labute approximate surface area is 206 Å². The Hall–Kier alpha value is -3.74. The van der Waals surface area contributed by atoms with Gasteiger partial charge in [0, 0.05) is 28.2 Å². The number of aryl methyl sites for hydroxylation is 4. The van der Waals surface area contributed by atoms with E-state index < -0.39 is 0 Å². The molecule has 4 rings (SSSR count). The Kier molecular flexibility index (Phi) is 8.73. The molecule has 1 radical (unpaired) electrons. The number of hydrogen-bond donors (Lipinski definition) is 0. The molecule has 0 aromatic heterocycles. The molecule has 1 aliphatic carbocycles. The van der Waals surface area contributed by atoms with Gasteiger partial charge in [0.25, 0.3) is 0 Å². The summed E-state index contributed by atoms with van der Waals surface area (Å²) in [7, 11) is 0. The minimum Gasteiger partial charge on any atom is -0.0661 e. The third-order valence-corrected chi connectivity index (χ3v) is 5.86. The first kappa shape index (κ1) is 24.9. The average molecular weight is 442 g/mol. The van der Waals surface area contributed by atoms with E-state index in [1.54, 1.807) is 0 Å². The van der Waals surface area contributed by atoms with Crippen molar-refractivity contribution in [1.82, 2.24) is 0 Å². The predicted molar refractivity (Wildman–Crippen MR) is 147 cm³/mol. The van der Waals surface area contributed by atoms with E-state index in [9.17, 15) is 0 Å². The van der Waals surface area contributed by atoms with Crippen molar-refractivity contribution >= 4 is 0 Å². The number of allylic oxidation sites excluding steroid dienone is 4. The van der Waals surface area contributed by atoms with Crippen molar-refractivity contribution in [3.05, 3.63) is 135 Å². The van der Waals surface area contributed by atoms with E-state index in [2.05, 4.69) is 144 Å². The van der Waals surface area contributed by atoms with Crippen LogP contribution >= 0.6 is 0 Å². The molecule has 0 N–H and O–H groups in total. The van der Waals surface area contributed by atoms with E-state index in [1.165, 1.54) is 39.3 Å². The molecular formula is C34H33. The summed E-state index contributed by atoms with van der Waals surface area (Å²) in [6.07, 6.45) is 5.27. The lowest BCUT2D eigenvalue weighted by Gasteiger charge is -2.14. The van der Waals surface area contributed by atoms with Gasteiger partial charge in [-0.15, -0.1) is 0 Å². The molecule has 0 heteroatoms. The van der Waals surface area contributed by atoms with E-state index in [0.29, 0.717) is 0 Å². The van der Waals surface area contributed by atoms with Crippen molar-refractivity contribution in [1.29, 1.82) is 0 Å². The molecule has 0 amide bonds. The molecule has 0 unspecified atom stereocenters. The monoisotopic (exact) mass is 441 g/mol. The average Bonchev–Trinajstić information content (AvgIpc) is 2.82. The highest BCUT2D eigenvalue weighted by Gasteiger charge is 2.10. The Morgan fingerprint density at radius 1 is 0.529 bits per heavy atom. The number of benzene rings is 3. The number of hydrogen-bond acceptors (Lipinski definition) is 0. The van der Waals surface area contributed by atoms with Gasteiger partial charge < -0.3 is 0 Å². The molecule has 0 spiro atoms. The lowest BCUT2D eigenvalue weighted by atomic mass is 9.90. The Balaban J connectivity index is 0.000000191. The second-order valence-corrected chi connectivity index (χ2v) is 9.05. The van der Waals surface area contributed by atoms with Gasteiger partial charge in [-0.2, -0.15) is 0 Å². The summed E-state index contributed by atoms with van der Waals surface area (Å²) in [6, 6.07) is 23.0. The van der Waals surface area contributed by atoms with Crippen LogP contribution < -0.4 is 0 Å². The van der Waals surface area contributed by atoms with E-state index >= 15 is 0 Å². The van der Waals surface area contributed by atoms with E-state index in [0.717, 1.165) is 23.1 Å². The van der Waals surface area contributed by atoms with Crippen LogP contribution in [0.5, 0.6) is 0 Å². The van der Waals surface area contributed by atoms with Crippen molar-refractivity contribution < 1.29 is 0 Å². The third kappa shape index (κ3) is 7.69. The van der Waals surface area contributed by atoms with Gasteiger partial charge in [-0.25, -0.2) is 0 Å². The lowest BCUT2D eigenvalue weighted by Crippen LogP contribution is -1.99. The van der Waals surface area contributed by atoms with Gasteiger partial charge >= 0.3 is 0 Å². The van der Waals surface area contributed by atoms with Crippen molar-refractivity contribution in [2.75, 3.05) is 0 Å². The maximum atomic E-state index is 3.25. The molecule has 0 saturated carbocycles. The predicted octanol–water partition coefficient (Wildman–Crippen LogP) is 8.23. The highest BCUT2D eigenvalue weighted by Crippen LogP contribution is 2.25. The normalized spacial score (nSPS) is 12.6. The maximum absolute atomic E-state index is 3.25. The van der Waals surface area contributed by atoms with Gasteiger partial charge in [-0.3, -0.25) is 0 Å². The second-order valence-electron chi connectivity index (χ2n) is 9.05. The van der Waals surface area contributed by atoms with Crippen LogP contribution in [0, 0.1) is 57.3 Å². The summed E-state index contributed by atoms with van der Waals surface area (Å²) in [5.41, 5.74) is 10.9. The molecule has 3 aromatic carbocycles. The molecule has 169 valence electrons. The minimum atomic E-state index is 0.987. The van der Waals surface area contributed by atoms with Gasteiger partial charge in [0.2, 0.25) is 0 Å². The second kappa shape index (κ2) is 11.9. The minimum absolute atomic E-state index is 0.987. The first-order valence-corrected chi connectivity index (χ1v) is 11.7. The molecule has 0 aliphatic heterocycles. The van der Waals surface area contributed by atoms with Gasteiger partial charge in [0.05, 0.1) is 0 Å². The summed E-state index contributed by atoms with van der Waals surface area (Å²) < 4.78 is 0. The topological polar surface area (TPSA) is 0 Å². The highest BCUT2D eigenvalue weighted by molar-refractivity contribution is 5.48. The molecule has 0 atom stereocenters. The van der Waals surface area contributed by atoms with Crippen molar-refractivity contribution in [2.45, 2.75) is 48.0 Å². The molecule has 0 fully saturated rings. The first-order valence-electron chi connectivity index (χ1n) is 11.7. The maximum Gasteiger partial charge on any atom is 0.0278 e. The van der Waals surface area contributed by atoms with Gasteiger partial charge in [-0.1, -0.05) is 101 Å².